The number of rotatable bonds is 4. The molecule has 88 valence electrons. The van der Waals surface area contributed by atoms with E-state index in [-0.39, 0.29) is 0 Å². The summed E-state index contributed by atoms with van der Waals surface area (Å²) in [6.45, 7) is 5.19. The molecule has 2 aliphatic rings. The standard InChI is InChI=1S/C12H24N2S/c1-13-10-12(4-2-3-5-12)11-14-6-8-15-9-7-14/h13H,2-11H2,1H3. The van der Waals surface area contributed by atoms with Crippen LogP contribution in [0.1, 0.15) is 25.7 Å². The van der Waals surface area contributed by atoms with E-state index in [1.807, 2.05) is 0 Å². The van der Waals surface area contributed by atoms with Crippen LogP contribution in [0.4, 0.5) is 0 Å². The Labute approximate surface area is 98.2 Å². The Morgan fingerprint density at radius 3 is 2.47 bits per heavy atom. The van der Waals surface area contributed by atoms with Gasteiger partial charge in [-0.25, -0.2) is 0 Å². The molecule has 0 atom stereocenters. The topological polar surface area (TPSA) is 15.3 Å². The molecule has 0 unspecified atom stereocenters. The number of nitrogens with one attached hydrogen (secondary N) is 1. The SMILES string of the molecule is CNCC1(CN2CCSCC2)CCCC1. The van der Waals surface area contributed by atoms with Crippen LogP contribution in [0, 0.1) is 5.41 Å². The molecule has 2 fully saturated rings. The second-order valence-electron chi connectivity index (χ2n) is 5.13. The van der Waals surface area contributed by atoms with E-state index in [1.165, 1.54) is 63.4 Å². The fraction of sp³-hybridized carbons (Fsp3) is 1.00. The smallest absolute Gasteiger partial charge is 0.00729 e. The normalized spacial score (nSPS) is 27.0. The zero-order valence-corrected chi connectivity index (χ0v) is 10.7. The third kappa shape index (κ3) is 3.11. The van der Waals surface area contributed by atoms with Gasteiger partial charge in [0.2, 0.25) is 0 Å². The molecule has 1 saturated carbocycles. The molecule has 15 heavy (non-hydrogen) atoms. The zero-order chi connectivity index (χ0) is 10.6. The second kappa shape index (κ2) is 5.55. The lowest BCUT2D eigenvalue weighted by Crippen LogP contribution is -2.44. The number of hydrogen-bond acceptors (Lipinski definition) is 3. The minimum atomic E-state index is 0.608. The average Bonchev–Trinajstić information content (AvgIpc) is 2.69. The summed E-state index contributed by atoms with van der Waals surface area (Å²) in [4.78, 5) is 2.69. The maximum atomic E-state index is 3.41. The molecule has 1 N–H and O–H groups in total. The number of hydrogen-bond donors (Lipinski definition) is 1. The lowest BCUT2D eigenvalue weighted by atomic mass is 9.85. The van der Waals surface area contributed by atoms with E-state index in [1.54, 1.807) is 0 Å². The molecule has 3 heteroatoms. The van der Waals surface area contributed by atoms with Gasteiger partial charge < -0.3 is 10.2 Å². The first-order valence-electron chi connectivity index (χ1n) is 6.29. The van der Waals surface area contributed by atoms with Gasteiger partial charge in [-0.05, 0) is 25.3 Å². The molecule has 0 aromatic heterocycles. The third-order valence-electron chi connectivity index (χ3n) is 3.88. The van der Waals surface area contributed by atoms with Crippen molar-refractivity contribution in [1.29, 1.82) is 0 Å². The molecular formula is C12H24N2S. The molecular weight excluding hydrogens is 204 g/mol. The Morgan fingerprint density at radius 2 is 1.87 bits per heavy atom. The number of nitrogens with zero attached hydrogens (tertiary/aromatic N) is 1. The van der Waals surface area contributed by atoms with Gasteiger partial charge in [0.25, 0.3) is 0 Å². The maximum absolute atomic E-state index is 3.41. The number of thioether (sulfide) groups is 1. The quantitative estimate of drug-likeness (QED) is 0.790. The van der Waals surface area contributed by atoms with E-state index < -0.39 is 0 Å². The Kier molecular flexibility index (Phi) is 4.35. The molecule has 0 radical (unpaired) electrons. The van der Waals surface area contributed by atoms with Crippen LogP contribution < -0.4 is 5.32 Å². The molecule has 0 aromatic carbocycles. The van der Waals surface area contributed by atoms with E-state index in [4.69, 9.17) is 0 Å². The van der Waals surface area contributed by atoms with Crippen LogP contribution >= 0.6 is 11.8 Å². The molecule has 0 aromatic rings. The van der Waals surface area contributed by atoms with Crippen molar-refractivity contribution in [1.82, 2.24) is 10.2 Å². The zero-order valence-electron chi connectivity index (χ0n) is 9.93. The Bertz CT molecular complexity index is 184. The van der Waals surface area contributed by atoms with Gasteiger partial charge in [0, 0.05) is 37.7 Å². The highest BCUT2D eigenvalue weighted by molar-refractivity contribution is 7.99. The third-order valence-corrected chi connectivity index (χ3v) is 4.82. The van der Waals surface area contributed by atoms with Crippen LogP contribution in [0.15, 0.2) is 0 Å². The van der Waals surface area contributed by atoms with Gasteiger partial charge in [-0.15, -0.1) is 0 Å². The minimum absolute atomic E-state index is 0.608. The van der Waals surface area contributed by atoms with Gasteiger partial charge in [-0.2, -0.15) is 11.8 Å². The molecule has 1 aliphatic heterocycles. The Balaban J connectivity index is 1.87. The lowest BCUT2D eigenvalue weighted by molar-refractivity contribution is 0.161. The summed E-state index contributed by atoms with van der Waals surface area (Å²) in [5, 5.41) is 3.41. The predicted octanol–water partition coefficient (Wildman–Crippen LogP) is 1.81. The maximum Gasteiger partial charge on any atom is 0.00729 e. The molecule has 2 nitrogen and oxygen atoms in total. The molecule has 0 bridgehead atoms. The Morgan fingerprint density at radius 1 is 1.20 bits per heavy atom. The van der Waals surface area contributed by atoms with Gasteiger partial charge in [-0.3, -0.25) is 0 Å². The van der Waals surface area contributed by atoms with Crippen molar-refractivity contribution in [2.75, 3.05) is 44.7 Å². The van der Waals surface area contributed by atoms with Crippen LogP contribution in [0.25, 0.3) is 0 Å². The lowest BCUT2D eigenvalue weighted by Gasteiger charge is -2.37. The highest BCUT2D eigenvalue weighted by Gasteiger charge is 2.35. The van der Waals surface area contributed by atoms with Crippen LogP contribution in [-0.2, 0) is 0 Å². The van der Waals surface area contributed by atoms with E-state index in [9.17, 15) is 0 Å². The van der Waals surface area contributed by atoms with Crippen molar-refractivity contribution in [3.8, 4) is 0 Å². The molecule has 1 heterocycles. The van der Waals surface area contributed by atoms with Crippen LogP contribution in [0.2, 0.25) is 0 Å². The largest absolute Gasteiger partial charge is 0.319 e. The van der Waals surface area contributed by atoms with Crippen molar-refractivity contribution in [2.24, 2.45) is 5.41 Å². The summed E-state index contributed by atoms with van der Waals surface area (Å²) < 4.78 is 0. The molecule has 1 saturated heterocycles. The van der Waals surface area contributed by atoms with Crippen molar-refractivity contribution in [3.05, 3.63) is 0 Å². The first-order valence-corrected chi connectivity index (χ1v) is 7.45. The summed E-state index contributed by atoms with van der Waals surface area (Å²) in [5.41, 5.74) is 0.608. The Hall–Kier alpha value is 0.270. The first-order chi connectivity index (χ1) is 7.35. The van der Waals surface area contributed by atoms with Crippen LogP contribution in [-0.4, -0.2) is 49.6 Å². The second-order valence-corrected chi connectivity index (χ2v) is 6.35. The van der Waals surface area contributed by atoms with Crippen molar-refractivity contribution in [2.45, 2.75) is 25.7 Å². The van der Waals surface area contributed by atoms with Crippen molar-refractivity contribution < 1.29 is 0 Å². The van der Waals surface area contributed by atoms with E-state index in [2.05, 4.69) is 29.0 Å². The minimum Gasteiger partial charge on any atom is -0.319 e. The molecule has 2 rings (SSSR count). The van der Waals surface area contributed by atoms with Gasteiger partial charge >= 0.3 is 0 Å². The van der Waals surface area contributed by atoms with Crippen LogP contribution in [0.3, 0.4) is 0 Å². The summed E-state index contributed by atoms with van der Waals surface area (Å²) in [5.74, 6) is 2.69. The van der Waals surface area contributed by atoms with Gasteiger partial charge in [0.15, 0.2) is 0 Å². The van der Waals surface area contributed by atoms with Crippen molar-refractivity contribution in [3.63, 3.8) is 0 Å². The average molecular weight is 228 g/mol. The van der Waals surface area contributed by atoms with E-state index in [0.717, 1.165) is 0 Å². The van der Waals surface area contributed by atoms with Crippen molar-refractivity contribution >= 4 is 11.8 Å². The summed E-state index contributed by atoms with van der Waals surface area (Å²) in [6.07, 6.45) is 5.78. The monoisotopic (exact) mass is 228 g/mol. The van der Waals surface area contributed by atoms with E-state index >= 15 is 0 Å². The highest BCUT2D eigenvalue weighted by Crippen LogP contribution is 2.38. The first kappa shape index (κ1) is 11.7. The summed E-state index contributed by atoms with van der Waals surface area (Å²) in [7, 11) is 2.10. The fourth-order valence-corrected chi connectivity index (χ4v) is 4.10. The highest BCUT2D eigenvalue weighted by atomic mass is 32.2. The summed E-state index contributed by atoms with van der Waals surface area (Å²) in [6, 6.07) is 0. The van der Waals surface area contributed by atoms with Crippen LogP contribution in [0.5, 0.6) is 0 Å². The summed E-state index contributed by atoms with van der Waals surface area (Å²) >= 11 is 2.11. The van der Waals surface area contributed by atoms with Gasteiger partial charge in [0.05, 0.1) is 0 Å². The van der Waals surface area contributed by atoms with E-state index in [0.29, 0.717) is 5.41 Å². The molecule has 0 amide bonds. The van der Waals surface area contributed by atoms with Gasteiger partial charge in [0.1, 0.15) is 0 Å². The van der Waals surface area contributed by atoms with Gasteiger partial charge in [-0.1, -0.05) is 12.8 Å². The molecule has 1 aliphatic carbocycles. The fourth-order valence-electron chi connectivity index (χ4n) is 3.12. The predicted molar refractivity (Wildman–Crippen MR) is 68.6 cm³/mol. The molecule has 0 spiro atoms.